The van der Waals surface area contributed by atoms with E-state index in [0.29, 0.717) is 11.4 Å². The smallest absolute Gasteiger partial charge is 0.118 e. The van der Waals surface area contributed by atoms with Crippen LogP contribution in [-0.4, -0.2) is 13.3 Å². The van der Waals surface area contributed by atoms with E-state index in [2.05, 4.69) is 15.0 Å². The first kappa shape index (κ1) is 14.4. The number of nitrogens with zero attached hydrogens (tertiary/aromatic N) is 4. The number of rotatable bonds is 5. The Kier molecular flexibility index (Phi) is 5.15. The first-order chi connectivity index (χ1) is 10.3. The zero-order valence-corrected chi connectivity index (χ0v) is 11.5. The highest BCUT2D eigenvalue weighted by Gasteiger charge is 1.94. The highest BCUT2D eigenvalue weighted by Crippen LogP contribution is 2.26. The minimum atomic E-state index is 0.508. The molecule has 2 aromatic rings. The second-order valence-electron chi connectivity index (χ2n) is 4.09. The number of methoxy groups -OCH3 is 1. The molecular weight excluding hydrogens is 264 g/mol. The molecule has 0 heterocycles. The topological polar surface area (TPSA) is 70.4 Å². The van der Waals surface area contributed by atoms with Crippen molar-refractivity contribution in [3.05, 3.63) is 70.6 Å². The molecule has 0 fully saturated rings. The molecule has 0 bridgehead atoms. The van der Waals surface area contributed by atoms with Crippen molar-refractivity contribution in [3.8, 4) is 5.75 Å². The molecule has 0 radical (unpaired) electrons. The van der Waals surface area contributed by atoms with Gasteiger partial charge in [-0.25, -0.2) is 0 Å². The molecule has 0 atom stereocenters. The van der Waals surface area contributed by atoms with Crippen molar-refractivity contribution in [1.29, 1.82) is 0 Å². The Hall–Kier alpha value is -3.04. The second kappa shape index (κ2) is 7.53. The standard InChI is InChI=1S/C16H14N4O/c1-21-14-10-8-13(9-11-14)5-4-12-18-15-6-2-3-7-16(15)19-20-17/h2-12H,1H3/b5-4+,18-12?. The van der Waals surface area contributed by atoms with Crippen LogP contribution in [0.1, 0.15) is 5.56 Å². The number of benzene rings is 2. The van der Waals surface area contributed by atoms with Crippen molar-refractivity contribution in [2.45, 2.75) is 0 Å². The molecule has 0 saturated carbocycles. The molecule has 0 aliphatic heterocycles. The highest BCUT2D eigenvalue weighted by atomic mass is 16.5. The van der Waals surface area contributed by atoms with Gasteiger partial charge in [-0.15, -0.1) is 0 Å². The van der Waals surface area contributed by atoms with Gasteiger partial charge in [0.15, 0.2) is 0 Å². The molecule has 0 spiro atoms. The van der Waals surface area contributed by atoms with Gasteiger partial charge in [0.05, 0.1) is 18.5 Å². The normalized spacial score (nSPS) is 10.7. The summed E-state index contributed by atoms with van der Waals surface area (Å²) >= 11 is 0. The first-order valence-corrected chi connectivity index (χ1v) is 6.32. The number of ether oxygens (including phenoxy) is 1. The van der Waals surface area contributed by atoms with Crippen LogP contribution in [0.2, 0.25) is 0 Å². The van der Waals surface area contributed by atoms with Gasteiger partial charge >= 0.3 is 0 Å². The lowest BCUT2D eigenvalue weighted by atomic mass is 10.2. The molecule has 2 aromatic carbocycles. The van der Waals surface area contributed by atoms with Crippen molar-refractivity contribution in [1.82, 2.24) is 0 Å². The SMILES string of the molecule is COc1ccc(/C=C/C=Nc2ccccc2N=[N+]=[N-])cc1. The third-order valence-electron chi connectivity index (χ3n) is 2.74. The summed E-state index contributed by atoms with van der Waals surface area (Å²) in [6, 6.07) is 14.9. The highest BCUT2D eigenvalue weighted by molar-refractivity contribution is 5.82. The summed E-state index contributed by atoms with van der Waals surface area (Å²) in [5, 5.41) is 3.59. The Labute approximate surface area is 122 Å². The Balaban J connectivity index is 2.07. The molecular formula is C16H14N4O. The number of aliphatic imine (C=N–C) groups is 1. The maximum atomic E-state index is 8.49. The molecule has 0 aliphatic rings. The van der Waals surface area contributed by atoms with E-state index in [4.69, 9.17) is 10.3 Å². The van der Waals surface area contributed by atoms with Crippen LogP contribution < -0.4 is 4.74 Å². The maximum Gasteiger partial charge on any atom is 0.118 e. The Bertz CT molecular complexity index is 698. The van der Waals surface area contributed by atoms with Gasteiger partial charge in [-0.1, -0.05) is 41.5 Å². The van der Waals surface area contributed by atoms with Crippen molar-refractivity contribution in [2.75, 3.05) is 7.11 Å². The molecule has 5 heteroatoms. The number of hydrogen-bond acceptors (Lipinski definition) is 3. The Morgan fingerprint density at radius 2 is 1.76 bits per heavy atom. The summed E-state index contributed by atoms with van der Waals surface area (Å²) in [4.78, 5) is 7.05. The van der Waals surface area contributed by atoms with Crippen LogP contribution >= 0.6 is 0 Å². The summed E-state index contributed by atoms with van der Waals surface area (Å²) in [6.45, 7) is 0. The molecule has 5 nitrogen and oxygen atoms in total. The van der Waals surface area contributed by atoms with Crippen LogP contribution in [0.4, 0.5) is 11.4 Å². The van der Waals surface area contributed by atoms with Crippen LogP contribution in [0.25, 0.3) is 16.5 Å². The van der Waals surface area contributed by atoms with E-state index in [0.717, 1.165) is 11.3 Å². The minimum Gasteiger partial charge on any atom is -0.497 e. The van der Waals surface area contributed by atoms with Crippen LogP contribution in [0.15, 0.2) is 64.7 Å². The van der Waals surface area contributed by atoms with Crippen LogP contribution in [0, 0.1) is 0 Å². The van der Waals surface area contributed by atoms with Crippen molar-refractivity contribution in [3.63, 3.8) is 0 Å². The van der Waals surface area contributed by atoms with Crippen molar-refractivity contribution < 1.29 is 4.74 Å². The number of azide groups is 1. The lowest BCUT2D eigenvalue weighted by Gasteiger charge is -1.98. The van der Waals surface area contributed by atoms with Gasteiger partial charge in [-0.2, -0.15) is 0 Å². The van der Waals surface area contributed by atoms with Gasteiger partial charge in [-0.05, 0) is 35.4 Å². The number of allylic oxidation sites excluding steroid dienone is 1. The van der Waals surface area contributed by atoms with Gasteiger partial charge in [-0.3, -0.25) is 4.99 Å². The van der Waals surface area contributed by atoms with Gasteiger partial charge in [0.25, 0.3) is 0 Å². The van der Waals surface area contributed by atoms with Crippen LogP contribution in [-0.2, 0) is 0 Å². The van der Waals surface area contributed by atoms with Crippen molar-refractivity contribution in [2.24, 2.45) is 10.1 Å². The molecule has 0 amide bonds. The fourth-order valence-electron chi connectivity index (χ4n) is 1.70. The quantitative estimate of drug-likeness (QED) is 0.326. The summed E-state index contributed by atoms with van der Waals surface area (Å²) in [7, 11) is 1.64. The molecule has 0 aliphatic carbocycles. The largest absolute Gasteiger partial charge is 0.497 e. The summed E-state index contributed by atoms with van der Waals surface area (Å²) in [5.74, 6) is 0.823. The fraction of sp³-hybridized carbons (Fsp3) is 0.0625. The average Bonchev–Trinajstić information content (AvgIpc) is 2.54. The third kappa shape index (κ3) is 4.23. The van der Waals surface area contributed by atoms with E-state index < -0.39 is 0 Å². The molecule has 2 rings (SSSR count). The van der Waals surface area contributed by atoms with Crippen LogP contribution in [0.5, 0.6) is 5.75 Å². The van der Waals surface area contributed by atoms with Crippen LogP contribution in [0.3, 0.4) is 0 Å². The lowest BCUT2D eigenvalue weighted by molar-refractivity contribution is 0.415. The molecule has 104 valence electrons. The third-order valence-corrected chi connectivity index (χ3v) is 2.74. The monoisotopic (exact) mass is 278 g/mol. The van der Waals surface area contributed by atoms with E-state index >= 15 is 0 Å². The van der Waals surface area contributed by atoms with E-state index in [9.17, 15) is 0 Å². The number of para-hydroxylation sites is 1. The number of hydrogen-bond donors (Lipinski definition) is 0. The Morgan fingerprint density at radius 1 is 1.05 bits per heavy atom. The molecule has 0 unspecified atom stereocenters. The minimum absolute atomic E-state index is 0.508. The summed E-state index contributed by atoms with van der Waals surface area (Å²) in [5.41, 5.74) is 10.7. The van der Waals surface area contributed by atoms with Gasteiger partial charge in [0, 0.05) is 11.1 Å². The van der Waals surface area contributed by atoms with E-state index in [1.165, 1.54) is 0 Å². The van der Waals surface area contributed by atoms with Crippen molar-refractivity contribution >= 4 is 23.7 Å². The predicted molar refractivity (Wildman–Crippen MR) is 85.4 cm³/mol. The Morgan fingerprint density at radius 3 is 2.43 bits per heavy atom. The summed E-state index contributed by atoms with van der Waals surface area (Å²) < 4.78 is 5.10. The zero-order valence-electron chi connectivity index (χ0n) is 11.5. The average molecular weight is 278 g/mol. The first-order valence-electron chi connectivity index (χ1n) is 6.32. The predicted octanol–water partition coefficient (Wildman–Crippen LogP) is 5.05. The van der Waals surface area contributed by atoms with Gasteiger partial charge in [0.2, 0.25) is 0 Å². The van der Waals surface area contributed by atoms with E-state index in [1.54, 1.807) is 31.5 Å². The van der Waals surface area contributed by atoms with E-state index in [-0.39, 0.29) is 0 Å². The van der Waals surface area contributed by atoms with E-state index in [1.807, 2.05) is 42.5 Å². The molecule has 0 aromatic heterocycles. The maximum absolute atomic E-state index is 8.49. The molecule has 21 heavy (non-hydrogen) atoms. The fourth-order valence-corrected chi connectivity index (χ4v) is 1.70. The van der Waals surface area contributed by atoms with Gasteiger partial charge in [0.1, 0.15) is 5.75 Å². The second-order valence-corrected chi connectivity index (χ2v) is 4.09. The lowest BCUT2D eigenvalue weighted by Crippen LogP contribution is -1.81. The molecule has 0 saturated heterocycles. The zero-order chi connectivity index (χ0) is 14.9. The van der Waals surface area contributed by atoms with Gasteiger partial charge < -0.3 is 4.74 Å². The molecule has 0 N–H and O–H groups in total. The summed E-state index contributed by atoms with van der Waals surface area (Å²) in [6.07, 6.45) is 5.42.